The van der Waals surface area contributed by atoms with E-state index in [1.807, 2.05) is 18.2 Å². The molecule has 0 fully saturated rings. The van der Waals surface area contributed by atoms with Crippen molar-refractivity contribution in [1.29, 1.82) is 0 Å². The number of benzene rings is 1. The smallest absolute Gasteiger partial charge is 0.181 e. The van der Waals surface area contributed by atoms with Gasteiger partial charge in [0.25, 0.3) is 0 Å². The van der Waals surface area contributed by atoms with E-state index in [4.69, 9.17) is 4.42 Å². The highest BCUT2D eigenvalue weighted by Crippen LogP contribution is 2.34. The van der Waals surface area contributed by atoms with E-state index in [0.717, 1.165) is 5.56 Å². The first-order valence-electron chi connectivity index (χ1n) is 5.67. The van der Waals surface area contributed by atoms with Gasteiger partial charge >= 0.3 is 0 Å². The Morgan fingerprint density at radius 2 is 1.94 bits per heavy atom. The Morgan fingerprint density at radius 3 is 2.59 bits per heavy atom. The Hall–Kier alpha value is -1.61. The van der Waals surface area contributed by atoms with Gasteiger partial charge in [-0.25, -0.2) is 4.98 Å². The van der Waals surface area contributed by atoms with Crippen molar-refractivity contribution in [2.75, 3.05) is 0 Å². The first-order chi connectivity index (χ1) is 8.04. The summed E-state index contributed by atoms with van der Waals surface area (Å²) in [6.07, 6.45) is 1.38. The lowest BCUT2D eigenvalue weighted by atomic mass is 9.83. The summed E-state index contributed by atoms with van der Waals surface area (Å²) in [5, 5.41) is 9.24. The lowest BCUT2D eigenvalue weighted by Gasteiger charge is -2.22. The molecule has 3 nitrogen and oxygen atoms in total. The molecule has 0 saturated heterocycles. The zero-order valence-electron chi connectivity index (χ0n) is 10.4. The zero-order chi connectivity index (χ0) is 12.5. The zero-order valence-corrected chi connectivity index (χ0v) is 10.4. The number of nitrogens with zero attached hydrogens (tertiary/aromatic N) is 1. The van der Waals surface area contributed by atoms with Gasteiger partial charge in [-0.1, -0.05) is 45.0 Å². The number of aliphatic hydroxyl groups excluding tert-OH is 1. The van der Waals surface area contributed by atoms with Gasteiger partial charge in [0.2, 0.25) is 0 Å². The lowest BCUT2D eigenvalue weighted by molar-refractivity contribution is 0.277. The molecule has 3 heteroatoms. The lowest BCUT2D eigenvalue weighted by Crippen LogP contribution is -2.12. The highest BCUT2D eigenvalue weighted by molar-refractivity contribution is 5.65. The van der Waals surface area contributed by atoms with Gasteiger partial charge < -0.3 is 9.52 Å². The van der Waals surface area contributed by atoms with E-state index in [1.54, 1.807) is 0 Å². The average Bonchev–Trinajstić information content (AvgIpc) is 2.75. The van der Waals surface area contributed by atoms with Crippen molar-refractivity contribution < 1.29 is 9.52 Å². The molecule has 2 rings (SSSR count). The predicted molar refractivity (Wildman–Crippen MR) is 66.6 cm³/mol. The molecule has 0 radical (unpaired) electrons. The molecule has 1 aromatic carbocycles. The van der Waals surface area contributed by atoms with Crippen LogP contribution in [0.3, 0.4) is 0 Å². The number of hydrogen-bond donors (Lipinski definition) is 1. The molecular formula is C14H17NO2. The summed E-state index contributed by atoms with van der Waals surface area (Å²) in [6.45, 7) is 6.35. The summed E-state index contributed by atoms with van der Waals surface area (Å²) < 4.78 is 5.41. The molecule has 0 bridgehead atoms. The van der Waals surface area contributed by atoms with Gasteiger partial charge in [0.05, 0.1) is 6.61 Å². The molecule has 1 N–H and O–H groups in total. The third-order valence-electron chi connectivity index (χ3n) is 2.77. The van der Waals surface area contributed by atoms with E-state index < -0.39 is 0 Å². The molecule has 2 aromatic rings. The fourth-order valence-electron chi connectivity index (χ4n) is 1.94. The van der Waals surface area contributed by atoms with Crippen LogP contribution in [0.25, 0.3) is 11.3 Å². The maximum absolute atomic E-state index is 9.24. The van der Waals surface area contributed by atoms with Crippen molar-refractivity contribution in [2.24, 2.45) is 0 Å². The summed E-state index contributed by atoms with van der Waals surface area (Å²) in [6, 6.07) is 8.06. The summed E-state index contributed by atoms with van der Waals surface area (Å²) in [4.78, 5) is 4.02. The van der Waals surface area contributed by atoms with Crippen molar-refractivity contribution in [1.82, 2.24) is 4.98 Å². The molecule has 0 spiro atoms. The Balaban J connectivity index is 2.60. The molecule has 0 saturated carbocycles. The second-order valence-corrected chi connectivity index (χ2v) is 5.08. The van der Waals surface area contributed by atoms with Gasteiger partial charge in [-0.05, 0) is 11.0 Å². The van der Waals surface area contributed by atoms with Gasteiger partial charge in [0, 0.05) is 5.56 Å². The predicted octanol–water partition coefficient (Wildman–Crippen LogP) is 3.13. The summed E-state index contributed by atoms with van der Waals surface area (Å²) in [5.74, 6) is 0.665. The van der Waals surface area contributed by atoms with E-state index in [9.17, 15) is 5.11 Å². The molecule has 90 valence electrons. The van der Waals surface area contributed by atoms with Crippen LogP contribution < -0.4 is 0 Å². The number of rotatable bonds is 2. The SMILES string of the molecule is CC(C)(C)c1ccccc1-c1ocnc1CO. The Bertz CT molecular complexity index is 509. The van der Waals surface area contributed by atoms with E-state index in [-0.39, 0.29) is 12.0 Å². The number of aliphatic hydroxyl groups is 1. The Morgan fingerprint density at radius 1 is 1.24 bits per heavy atom. The minimum Gasteiger partial charge on any atom is -0.443 e. The minimum absolute atomic E-state index is 0.0239. The molecule has 17 heavy (non-hydrogen) atoms. The van der Waals surface area contributed by atoms with E-state index >= 15 is 0 Å². The fraction of sp³-hybridized carbons (Fsp3) is 0.357. The average molecular weight is 231 g/mol. The van der Waals surface area contributed by atoms with E-state index in [0.29, 0.717) is 11.5 Å². The quantitative estimate of drug-likeness (QED) is 0.863. The molecule has 1 heterocycles. The first-order valence-corrected chi connectivity index (χ1v) is 5.67. The van der Waals surface area contributed by atoms with Crippen LogP contribution in [0, 0.1) is 0 Å². The summed E-state index contributed by atoms with van der Waals surface area (Å²) in [5.41, 5.74) is 2.80. The molecule has 0 atom stereocenters. The van der Waals surface area contributed by atoms with Gasteiger partial charge in [-0.2, -0.15) is 0 Å². The number of hydrogen-bond acceptors (Lipinski definition) is 3. The highest BCUT2D eigenvalue weighted by Gasteiger charge is 2.21. The van der Waals surface area contributed by atoms with Crippen LogP contribution in [0.5, 0.6) is 0 Å². The second kappa shape index (κ2) is 4.34. The normalized spacial score (nSPS) is 11.8. The summed E-state index contributed by atoms with van der Waals surface area (Å²) in [7, 11) is 0. The van der Waals surface area contributed by atoms with Crippen LogP contribution >= 0.6 is 0 Å². The number of aromatic nitrogens is 1. The summed E-state index contributed by atoms with van der Waals surface area (Å²) >= 11 is 0. The third-order valence-corrected chi connectivity index (χ3v) is 2.77. The molecule has 0 aliphatic rings. The van der Waals surface area contributed by atoms with Crippen LogP contribution in [0.15, 0.2) is 35.1 Å². The van der Waals surface area contributed by atoms with Crippen LogP contribution in [0.4, 0.5) is 0 Å². The van der Waals surface area contributed by atoms with Gasteiger partial charge in [0.15, 0.2) is 12.2 Å². The van der Waals surface area contributed by atoms with Crippen molar-refractivity contribution in [3.8, 4) is 11.3 Å². The van der Waals surface area contributed by atoms with E-state index in [2.05, 4.69) is 31.8 Å². The van der Waals surface area contributed by atoms with Crippen molar-refractivity contribution in [3.63, 3.8) is 0 Å². The van der Waals surface area contributed by atoms with Gasteiger partial charge in [-0.15, -0.1) is 0 Å². The highest BCUT2D eigenvalue weighted by atomic mass is 16.3. The molecule has 0 amide bonds. The monoisotopic (exact) mass is 231 g/mol. The van der Waals surface area contributed by atoms with Crippen molar-refractivity contribution >= 4 is 0 Å². The first kappa shape index (κ1) is 11.9. The van der Waals surface area contributed by atoms with Gasteiger partial charge in [0.1, 0.15) is 5.69 Å². The topological polar surface area (TPSA) is 46.3 Å². The van der Waals surface area contributed by atoms with Crippen LogP contribution in [-0.2, 0) is 12.0 Å². The maximum Gasteiger partial charge on any atom is 0.181 e. The number of oxazole rings is 1. The molecule has 0 unspecified atom stereocenters. The Kier molecular flexibility index (Phi) is 3.03. The maximum atomic E-state index is 9.24. The van der Waals surface area contributed by atoms with Crippen LogP contribution in [0.2, 0.25) is 0 Å². The van der Waals surface area contributed by atoms with Crippen molar-refractivity contribution in [2.45, 2.75) is 32.8 Å². The Labute approximate surface area is 101 Å². The van der Waals surface area contributed by atoms with Crippen LogP contribution in [0.1, 0.15) is 32.0 Å². The molecule has 1 aromatic heterocycles. The van der Waals surface area contributed by atoms with Gasteiger partial charge in [-0.3, -0.25) is 0 Å². The molecule has 0 aliphatic heterocycles. The minimum atomic E-state index is -0.107. The third kappa shape index (κ3) is 2.24. The van der Waals surface area contributed by atoms with E-state index in [1.165, 1.54) is 12.0 Å². The standard InChI is InChI=1S/C14H17NO2/c1-14(2,3)11-7-5-4-6-10(11)13-12(8-16)15-9-17-13/h4-7,9,16H,8H2,1-3H3. The fourth-order valence-corrected chi connectivity index (χ4v) is 1.94. The second-order valence-electron chi connectivity index (χ2n) is 5.08. The molecule has 0 aliphatic carbocycles. The molecular weight excluding hydrogens is 214 g/mol. The largest absolute Gasteiger partial charge is 0.443 e. The van der Waals surface area contributed by atoms with Crippen molar-refractivity contribution in [3.05, 3.63) is 41.9 Å². The van der Waals surface area contributed by atoms with Crippen LogP contribution in [-0.4, -0.2) is 10.1 Å².